The number of aromatic amines is 1. The van der Waals surface area contributed by atoms with Crippen molar-refractivity contribution in [3.05, 3.63) is 65.9 Å². The van der Waals surface area contributed by atoms with Crippen molar-refractivity contribution in [1.29, 1.82) is 0 Å². The standard InChI is InChI=1S/C18H22N4O2S/c1-22(2)14-9-7-13(8-10-14)16(12-21-25(19,23)24)17-11-20-18-6-4-3-5-15(17)18/h3-11,16,20-21H,12H2,1-2H3,(H2,19,23,24)/t16-/m1/s1. The second-order valence-electron chi connectivity index (χ2n) is 6.22. The van der Waals surface area contributed by atoms with E-state index in [0.717, 1.165) is 27.7 Å². The van der Waals surface area contributed by atoms with E-state index in [1.165, 1.54) is 0 Å². The number of fused-ring (bicyclic) bond motifs is 1. The van der Waals surface area contributed by atoms with E-state index in [1.807, 2.05) is 73.7 Å². The molecule has 1 aromatic heterocycles. The number of hydrogen-bond donors (Lipinski definition) is 3. The average molecular weight is 358 g/mol. The molecule has 7 heteroatoms. The lowest BCUT2D eigenvalue weighted by molar-refractivity contribution is 0.579. The fourth-order valence-corrected chi connectivity index (χ4v) is 3.39. The first-order chi connectivity index (χ1) is 11.8. The Morgan fingerprint density at radius 1 is 1.12 bits per heavy atom. The molecule has 1 heterocycles. The Morgan fingerprint density at radius 3 is 2.44 bits per heavy atom. The maximum Gasteiger partial charge on any atom is 0.274 e. The van der Waals surface area contributed by atoms with Crippen LogP contribution in [0.4, 0.5) is 5.69 Å². The minimum Gasteiger partial charge on any atom is -0.378 e. The Bertz CT molecular complexity index is 962. The molecule has 0 fully saturated rings. The lowest BCUT2D eigenvalue weighted by Gasteiger charge is -2.19. The van der Waals surface area contributed by atoms with Gasteiger partial charge in [0, 0.05) is 49.3 Å². The van der Waals surface area contributed by atoms with Crippen LogP contribution in [0.2, 0.25) is 0 Å². The van der Waals surface area contributed by atoms with E-state index in [1.54, 1.807) is 0 Å². The normalized spacial score (nSPS) is 13.1. The summed E-state index contributed by atoms with van der Waals surface area (Å²) >= 11 is 0. The highest BCUT2D eigenvalue weighted by molar-refractivity contribution is 7.87. The largest absolute Gasteiger partial charge is 0.378 e. The molecule has 6 nitrogen and oxygen atoms in total. The first-order valence-corrected chi connectivity index (χ1v) is 9.50. The zero-order chi connectivity index (χ0) is 18.0. The van der Waals surface area contributed by atoms with Crippen molar-refractivity contribution in [3.8, 4) is 0 Å². The van der Waals surface area contributed by atoms with Gasteiger partial charge in [0.05, 0.1) is 0 Å². The van der Waals surface area contributed by atoms with E-state index in [4.69, 9.17) is 5.14 Å². The highest BCUT2D eigenvalue weighted by atomic mass is 32.2. The number of anilines is 1. The predicted octanol–water partition coefficient (Wildman–Crippen LogP) is 2.16. The first kappa shape index (κ1) is 17.5. The number of hydrogen-bond acceptors (Lipinski definition) is 3. The molecule has 0 aliphatic carbocycles. The SMILES string of the molecule is CN(C)c1ccc([C@@H](CNS(N)(=O)=O)c2c[nH]c3ccccc23)cc1. The summed E-state index contributed by atoms with van der Waals surface area (Å²) in [6.45, 7) is 0.196. The van der Waals surface area contributed by atoms with Crippen LogP contribution in [0.15, 0.2) is 54.7 Å². The van der Waals surface area contributed by atoms with Crippen LogP contribution in [-0.4, -0.2) is 34.0 Å². The van der Waals surface area contributed by atoms with Gasteiger partial charge in [-0.2, -0.15) is 8.42 Å². The summed E-state index contributed by atoms with van der Waals surface area (Å²) in [7, 11) is 0.200. The molecule has 0 bridgehead atoms. The van der Waals surface area contributed by atoms with Crippen molar-refractivity contribution in [3.63, 3.8) is 0 Å². The molecule has 25 heavy (non-hydrogen) atoms. The first-order valence-electron chi connectivity index (χ1n) is 7.96. The van der Waals surface area contributed by atoms with Crippen LogP contribution in [0.5, 0.6) is 0 Å². The summed E-state index contributed by atoms with van der Waals surface area (Å²) in [6.07, 6.45) is 1.93. The topological polar surface area (TPSA) is 91.2 Å². The summed E-state index contributed by atoms with van der Waals surface area (Å²) in [6, 6.07) is 16.0. The number of para-hydroxylation sites is 1. The van der Waals surface area contributed by atoms with Gasteiger partial charge in [0.15, 0.2) is 0 Å². The maximum absolute atomic E-state index is 11.4. The van der Waals surface area contributed by atoms with Gasteiger partial charge in [-0.25, -0.2) is 9.86 Å². The second-order valence-corrected chi connectivity index (χ2v) is 7.60. The Balaban J connectivity index is 2.03. The molecule has 0 aliphatic heterocycles. The van der Waals surface area contributed by atoms with Crippen LogP contribution in [0.1, 0.15) is 17.0 Å². The number of nitrogens with one attached hydrogen (secondary N) is 2. The fraction of sp³-hybridized carbons (Fsp3) is 0.222. The van der Waals surface area contributed by atoms with Crippen LogP contribution in [-0.2, 0) is 10.2 Å². The Morgan fingerprint density at radius 2 is 1.80 bits per heavy atom. The molecular formula is C18H22N4O2S. The highest BCUT2D eigenvalue weighted by Crippen LogP contribution is 2.31. The number of nitrogens with two attached hydrogens (primary N) is 1. The average Bonchev–Trinajstić information content (AvgIpc) is 2.99. The zero-order valence-electron chi connectivity index (χ0n) is 14.2. The summed E-state index contributed by atoms with van der Waals surface area (Å²) < 4.78 is 25.2. The fourth-order valence-electron chi connectivity index (χ4n) is 2.99. The van der Waals surface area contributed by atoms with Crippen molar-refractivity contribution in [2.24, 2.45) is 5.14 Å². The van der Waals surface area contributed by atoms with E-state index < -0.39 is 10.2 Å². The van der Waals surface area contributed by atoms with Crippen LogP contribution < -0.4 is 14.8 Å². The number of nitrogens with zero attached hydrogens (tertiary/aromatic N) is 1. The number of aromatic nitrogens is 1. The Hall–Kier alpha value is -2.35. The van der Waals surface area contributed by atoms with Gasteiger partial charge >= 0.3 is 0 Å². The number of rotatable bonds is 6. The third-order valence-electron chi connectivity index (χ3n) is 4.30. The second kappa shape index (κ2) is 6.87. The number of benzene rings is 2. The smallest absolute Gasteiger partial charge is 0.274 e. The number of H-pyrrole nitrogens is 1. The van der Waals surface area contributed by atoms with Crippen LogP contribution >= 0.6 is 0 Å². The Labute approximate surface area is 147 Å². The summed E-state index contributed by atoms with van der Waals surface area (Å²) in [5, 5.41) is 6.21. The molecule has 0 radical (unpaired) electrons. The monoisotopic (exact) mass is 358 g/mol. The van der Waals surface area contributed by atoms with E-state index in [2.05, 4.69) is 9.71 Å². The van der Waals surface area contributed by atoms with E-state index in [-0.39, 0.29) is 12.5 Å². The van der Waals surface area contributed by atoms with Gasteiger partial charge in [-0.05, 0) is 29.3 Å². The summed E-state index contributed by atoms with van der Waals surface area (Å²) in [5.74, 6) is -0.148. The van der Waals surface area contributed by atoms with E-state index in [0.29, 0.717) is 0 Å². The predicted molar refractivity (Wildman–Crippen MR) is 102 cm³/mol. The van der Waals surface area contributed by atoms with Crippen LogP contribution in [0, 0.1) is 0 Å². The maximum atomic E-state index is 11.4. The van der Waals surface area contributed by atoms with Gasteiger partial charge in [0.1, 0.15) is 0 Å². The molecule has 0 saturated carbocycles. The highest BCUT2D eigenvalue weighted by Gasteiger charge is 2.19. The van der Waals surface area contributed by atoms with Crippen molar-refractivity contribution in [2.75, 3.05) is 25.5 Å². The van der Waals surface area contributed by atoms with Crippen LogP contribution in [0.3, 0.4) is 0 Å². The van der Waals surface area contributed by atoms with E-state index in [9.17, 15) is 8.42 Å². The van der Waals surface area contributed by atoms with Gasteiger partial charge < -0.3 is 9.88 Å². The van der Waals surface area contributed by atoms with Gasteiger partial charge in [0.2, 0.25) is 0 Å². The minimum absolute atomic E-state index is 0.148. The lowest BCUT2D eigenvalue weighted by atomic mass is 9.91. The van der Waals surface area contributed by atoms with Crippen molar-refractivity contribution in [2.45, 2.75) is 5.92 Å². The molecule has 132 valence electrons. The van der Waals surface area contributed by atoms with Gasteiger partial charge in [-0.15, -0.1) is 0 Å². The minimum atomic E-state index is -3.76. The summed E-state index contributed by atoms with van der Waals surface area (Å²) in [5.41, 5.74) is 4.15. The zero-order valence-corrected chi connectivity index (χ0v) is 15.0. The third kappa shape index (κ3) is 4.01. The van der Waals surface area contributed by atoms with Gasteiger partial charge in [-0.1, -0.05) is 30.3 Å². The van der Waals surface area contributed by atoms with Crippen molar-refractivity contribution < 1.29 is 8.42 Å². The molecule has 0 spiro atoms. The Kier molecular flexibility index (Phi) is 4.80. The molecule has 1 atom stereocenters. The molecule has 3 rings (SSSR count). The molecule has 0 saturated heterocycles. The molecule has 0 unspecified atom stereocenters. The molecule has 2 aromatic carbocycles. The molecule has 0 aliphatic rings. The van der Waals surface area contributed by atoms with Crippen molar-refractivity contribution >= 4 is 26.8 Å². The van der Waals surface area contributed by atoms with Crippen LogP contribution in [0.25, 0.3) is 10.9 Å². The lowest BCUT2D eigenvalue weighted by Crippen LogP contribution is -2.34. The third-order valence-corrected chi connectivity index (χ3v) is 4.87. The summed E-state index contributed by atoms with van der Waals surface area (Å²) in [4.78, 5) is 5.27. The molecule has 0 amide bonds. The van der Waals surface area contributed by atoms with Crippen molar-refractivity contribution in [1.82, 2.24) is 9.71 Å². The van der Waals surface area contributed by atoms with Gasteiger partial charge in [0.25, 0.3) is 10.2 Å². The van der Waals surface area contributed by atoms with E-state index >= 15 is 0 Å². The molecule has 3 aromatic rings. The van der Waals surface area contributed by atoms with Gasteiger partial charge in [-0.3, -0.25) is 0 Å². The molecular weight excluding hydrogens is 336 g/mol. The molecule has 4 N–H and O–H groups in total. The quantitative estimate of drug-likeness (QED) is 0.630.